The number of halogens is 1. The van der Waals surface area contributed by atoms with Crippen LogP contribution in [0, 0.1) is 16.0 Å². The number of nitro groups is 1. The SMILES string of the molecule is C[C@@H]1CN(C(=O)c2cc(Br)cc([N+](=O)[O-])c2N[C@@H]2CCCN(C(=O)C3CCNC(=O)C3)C2)C[C@H](C)O1. The van der Waals surface area contributed by atoms with E-state index in [2.05, 4.69) is 26.6 Å². The van der Waals surface area contributed by atoms with E-state index >= 15 is 0 Å². The minimum absolute atomic E-state index is 0.0609. The molecule has 36 heavy (non-hydrogen) atoms. The molecule has 3 saturated heterocycles. The number of benzene rings is 1. The van der Waals surface area contributed by atoms with Crippen molar-refractivity contribution in [2.45, 2.75) is 57.8 Å². The van der Waals surface area contributed by atoms with Crippen molar-refractivity contribution >= 4 is 45.0 Å². The molecule has 1 unspecified atom stereocenters. The lowest BCUT2D eigenvalue weighted by molar-refractivity contribution is -0.384. The number of nitrogens with one attached hydrogen (secondary N) is 2. The third-order valence-corrected chi connectivity index (χ3v) is 7.35. The fourth-order valence-corrected chi connectivity index (χ4v) is 5.77. The molecule has 196 valence electrons. The van der Waals surface area contributed by atoms with Crippen molar-refractivity contribution in [3.63, 3.8) is 0 Å². The Hall–Kier alpha value is -2.73. The molecule has 0 bridgehead atoms. The summed E-state index contributed by atoms with van der Waals surface area (Å²) in [6, 6.07) is 2.72. The first kappa shape index (κ1) is 26.3. The summed E-state index contributed by atoms with van der Waals surface area (Å²) < 4.78 is 6.18. The minimum atomic E-state index is -0.499. The van der Waals surface area contributed by atoms with E-state index in [0.29, 0.717) is 56.5 Å². The molecule has 3 heterocycles. The average molecular weight is 566 g/mol. The van der Waals surface area contributed by atoms with Crippen LogP contribution in [0.3, 0.4) is 0 Å². The Morgan fingerprint density at radius 1 is 1.17 bits per heavy atom. The van der Waals surface area contributed by atoms with Crippen LogP contribution in [0.2, 0.25) is 0 Å². The molecule has 11 nitrogen and oxygen atoms in total. The van der Waals surface area contributed by atoms with Crippen LogP contribution in [0.5, 0.6) is 0 Å². The molecule has 0 radical (unpaired) electrons. The summed E-state index contributed by atoms with van der Waals surface area (Å²) in [6.07, 6.45) is 1.91. The number of ether oxygens (including phenoxy) is 1. The molecular formula is C24H32BrN5O6. The predicted molar refractivity (Wildman–Crippen MR) is 136 cm³/mol. The molecule has 12 heteroatoms. The van der Waals surface area contributed by atoms with E-state index in [9.17, 15) is 24.5 Å². The van der Waals surface area contributed by atoms with E-state index in [-0.39, 0.29) is 65.2 Å². The molecule has 1 aromatic rings. The summed E-state index contributed by atoms with van der Waals surface area (Å²) in [4.78, 5) is 53.3. The quantitative estimate of drug-likeness (QED) is 0.413. The molecule has 4 rings (SSSR count). The molecule has 3 aliphatic rings. The summed E-state index contributed by atoms with van der Waals surface area (Å²) >= 11 is 3.32. The van der Waals surface area contributed by atoms with Crippen LogP contribution in [0.25, 0.3) is 0 Å². The number of likely N-dealkylation sites (tertiary alicyclic amines) is 1. The van der Waals surface area contributed by atoms with Gasteiger partial charge in [-0.25, -0.2) is 0 Å². The maximum atomic E-state index is 13.6. The molecule has 0 aliphatic carbocycles. The molecule has 0 spiro atoms. The van der Waals surface area contributed by atoms with Crippen molar-refractivity contribution in [2.75, 3.05) is 38.0 Å². The highest BCUT2D eigenvalue weighted by Crippen LogP contribution is 2.35. The lowest BCUT2D eigenvalue weighted by Gasteiger charge is -2.37. The first-order chi connectivity index (χ1) is 17.1. The van der Waals surface area contributed by atoms with Crippen molar-refractivity contribution in [2.24, 2.45) is 5.92 Å². The molecule has 3 amide bonds. The topological polar surface area (TPSA) is 134 Å². The number of amides is 3. The number of nitro benzene ring substituents is 1. The second-order valence-electron chi connectivity index (χ2n) is 9.88. The molecule has 3 fully saturated rings. The van der Waals surface area contributed by atoms with Gasteiger partial charge in [0.25, 0.3) is 11.6 Å². The van der Waals surface area contributed by atoms with Crippen molar-refractivity contribution in [1.29, 1.82) is 0 Å². The summed E-state index contributed by atoms with van der Waals surface area (Å²) in [7, 11) is 0. The second kappa shape index (κ2) is 11.1. The third-order valence-electron chi connectivity index (χ3n) is 6.89. The zero-order valence-corrected chi connectivity index (χ0v) is 22.1. The molecule has 1 aromatic carbocycles. The molecule has 0 saturated carbocycles. The molecule has 0 aromatic heterocycles. The van der Waals surface area contributed by atoms with Crippen molar-refractivity contribution in [1.82, 2.24) is 15.1 Å². The van der Waals surface area contributed by atoms with E-state index in [1.807, 2.05) is 13.8 Å². The summed E-state index contributed by atoms with van der Waals surface area (Å²) in [5, 5.41) is 18.0. The van der Waals surface area contributed by atoms with Gasteiger partial charge >= 0.3 is 0 Å². The van der Waals surface area contributed by atoms with Crippen molar-refractivity contribution < 1.29 is 24.0 Å². The lowest BCUT2D eigenvalue weighted by Crippen LogP contribution is -2.50. The van der Waals surface area contributed by atoms with Gasteiger partial charge in [0.2, 0.25) is 11.8 Å². The van der Waals surface area contributed by atoms with Gasteiger partial charge in [-0.2, -0.15) is 0 Å². The van der Waals surface area contributed by atoms with E-state index < -0.39 is 4.92 Å². The van der Waals surface area contributed by atoms with Gasteiger partial charge in [-0.15, -0.1) is 0 Å². The van der Waals surface area contributed by atoms with Gasteiger partial charge in [0.1, 0.15) is 5.69 Å². The average Bonchev–Trinajstić information content (AvgIpc) is 2.83. The number of hydrogen-bond donors (Lipinski definition) is 2. The van der Waals surface area contributed by atoms with Crippen LogP contribution >= 0.6 is 15.9 Å². The van der Waals surface area contributed by atoms with Gasteiger partial charge in [0.15, 0.2) is 0 Å². The van der Waals surface area contributed by atoms with Gasteiger partial charge in [0.05, 0.1) is 22.7 Å². The zero-order chi connectivity index (χ0) is 26.0. The first-order valence-electron chi connectivity index (χ1n) is 12.4. The Bertz CT molecular complexity index is 1040. The van der Waals surface area contributed by atoms with Crippen LogP contribution in [-0.4, -0.2) is 83.4 Å². The third kappa shape index (κ3) is 5.97. The normalized spacial score (nSPS) is 26.8. The molecular weight excluding hydrogens is 534 g/mol. The maximum Gasteiger partial charge on any atom is 0.294 e. The maximum absolute atomic E-state index is 13.6. The lowest BCUT2D eigenvalue weighted by atomic mass is 9.94. The van der Waals surface area contributed by atoms with Crippen molar-refractivity contribution in [3.05, 3.63) is 32.3 Å². The summed E-state index contributed by atoms with van der Waals surface area (Å²) in [5.74, 6) is -0.830. The second-order valence-corrected chi connectivity index (χ2v) is 10.8. The van der Waals surface area contributed by atoms with E-state index in [1.165, 1.54) is 6.07 Å². The van der Waals surface area contributed by atoms with E-state index in [4.69, 9.17) is 4.74 Å². The highest BCUT2D eigenvalue weighted by molar-refractivity contribution is 9.10. The van der Waals surface area contributed by atoms with Crippen molar-refractivity contribution in [3.8, 4) is 0 Å². The smallest absolute Gasteiger partial charge is 0.294 e. The predicted octanol–water partition coefficient (Wildman–Crippen LogP) is 2.54. The summed E-state index contributed by atoms with van der Waals surface area (Å²) in [6.45, 7) is 5.98. The van der Waals surface area contributed by atoms with Gasteiger partial charge in [-0.3, -0.25) is 24.5 Å². The molecule has 3 aliphatic heterocycles. The molecule has 2 N–H and O–H groups in total. The van der Waals surface area contributed by atoms with Crippen LogP contribution in [0.4, 0.5) is 11.4 Å². The Morgan fingerprint density at radius 3 is 2.56 bits per heavy atom. The Labute approximate surface area is 218 Å². The van der Waals surface area contributed by atoms with Gasteiger partial charge in [-0.05, 0) is 39.2 Å². The highest BCUT2D eigenvalue weighted by atomic mass is 79.9. The zero-order valence-electron chi connectivity index (χ0n) is 20.5. The largest absolute Gasteiger partial charge is 0.374 e. The highest BCUT2D eigenvalue weighted by Gasteiger charge is 2.35. The number of anilines is 1. The summed E-state index contributed by atoms with van der Waals surface area (Å²) in [5.41, 5.74) is 0.176. The monoisotopic (exact) mass is 565 g/mol. The van der Waals surface area contributed by atoms with Crippen LogP contribution < -0.4 is 10.6 Å². The standard InChI is InChI=1S/C24H32BrN5O6/c1-14-11-29(12-15(2)36-14)24(33)19-9-17(25)10-20(30(34)35)22(19)27-18-4-3-7-28(13-18)23(32)16-5-6-26-21(31)8-16/h9-10,14-16,18,27H,3-8,11-13H2,1-2H3,(H,26,31)/t14-,15+,16?,18-/m1/s1. The number of morpholine rings is 1. The Morgan fingerprint density at radius 2 is 1.89 bits per heavy atom. The van der Waals surface area contributed by atoms with E-state index in [1.54, 1.807) is 15.9 Å². The van der Waals surface area contributed by atoms with E-state index in [0.717, 1.165) is 0 Å². The number of piperidine rings is 2. The fourth-order valence-electron chi connectivity index (χ4n) is 5.32. The number of carbonyl (C=O) groups excluding carboxylic acids is 3. The first-order valence-corrected chi connectivity index (χ1v) is 13.2. The Balaban J connectivity index is 1.57. The van der Waals surface area contributed by atoms with Crippen LogP contribution in [0.15, 0.2) is 16.6 Å². The number of carbonyl (C=O) groups is 3. The number of rotatable bonds is 5. The van der Waals surface area contributed by atoms with Gasteiger partial charge < -0.3 is 25.2 Å². The number of hydrogen-bond acceptors (Lipinski definition) is 7. The van der Waals surface area contributed by atoms with Crippen LogP contribution in [0.1, 0.15) is 49.9 Å². The van der Waals surface area contributed by atoms with Crippen LogP contribution in [-0.2, 0) is 14.3 Å². The van der Waals surface area contributed by atoms with Gasteiger partial charge in [0, 0.05) is 61.6 Å². The number of nitrogens with zero attached hydrogens (tertiary/aromatic N) is 3. The minimum Gasteiger partial charge on any atom is -0.374 e. The Kier molecular flexibility index (Phi) is 8.13. The van der Waals surface area contributed by atoms with Gasteiger partial charge in [-0.1, -0.05) is 15.9 Å². The molecule has 4 atom stereocenters. The fraction of sp³-hybridized carbons (Fsp3) is 0.625.